The van der Waals surface area contributed by atoms with Gasteiger partial charge in [0.25, 0.3) is 0 Å². The molecule has 23 heavy (non-hydrogen) atoms. The van der Waals surface area contributed by atoms with Gasteiger partial charge in [0.05, 0.1) is 29.7 Å². The summed E-state index contributed by atoms with van der Waals surface area (Å²) in [6.07, 6.45) is 0. The van der Waals surface area contributed by atoms with E-state index in [1.54, 1.807) is 13.8 Å². The van der Waals surface area contributed by atoms with E-state index < -0.39 is 11.2 Å². The van der Waals surface area contributed by atoms with E-state index in [4.69, 9.17) is 14.7 Å². The van der Waals surface area contributed by atoms with E-state index in [0.29, 0.717) is 11.6 Å². The van der Waals surface area contributed by atoms with Crippen molar-refractivity contribution in [2.45, 2.75) is 23.9 Å². The van der Waals surface area contributed by atoms with Crippen molar-refractivity contribution in [2.24, 2.45) is 0 Å². The van der Waals surface area contributed by atoms with Crippen LogP contribution in [-0.4, -0.2) is 46.8 Å². The molecule has 0 aliphatic heterocycles. The van der Waals surface area contributed by atoms with Crippen molar-refractivity contribution in [3.63, 3.8) is 0 Å². The minimum atomic E-state index is -1.13. The normalized spacial score (nSPS) is 11.8. The third-order valence-electron chi connectivity index (χ3n) is 2.34. The van der Waals surface area contributed by atoms with Gasteiger partial charge in [-0.2, -0.15) is 5.23 Å². The Morgan fingerprint density at radius 2 is 1.74 bits per heavy atom. The van der Waals surface area contributed by atoms with Crippen LogP contribution in [-0.2, 0) is 19.1 Å². The maximum atomic E-state index is 11.4. The van der Waals surface area contributed by atoms with Gasteiger partial charge in [0.1, 0.15) is 0 Å². The Kier molecular flexibility index (Phi) is 8.95. The van der Waals surface area contributed by atoms with Gasteiger partial charge in [-0.15, -0.1) is 0 Å². The molecule has 0 radical (unpaired) electrons. The molecule has 0 saturated heterocycles. The maximum absolute atomic E-state index is 11.4. The zero-order valence-electron chi connectivity index (χ0n) is 12.7. The first-order valence-corrected chi connectivity index (χ1v) is 8.76. The summed E-state index contributed by atoms with van der Waals surface area (Å²) in [5.74, 6) is -0.773. The summed E-state index contributed by atoms with van der Waals surface area (Å²) >= 11 is 2.13. The average molecular weight is 362 g/mol. The second-order valence-electron chi connectivity index (χ2n) is 3.99. The molecule has 1 aromatic heterocycles. The molecule has 0 spiro atoms. The van der Waals surface area contributed by atoms with Gasteiger partial charge >= 0.3 is 11.9 Å². The number of carbonyl (C=O) groups is 2. The first-order chi connectivity index (χ1) is 11.0. The van der Waals surface area contributed by atoms with Crippen molar-refractivity contribution in [3.8, 4) is 0 Å². The van der Waals surface area contributed by atoms with Crippen molar-refractivity contribution >= 4 is 41.1 Å². The molecule has 0 fully saturated rings. The van der Waals surface area contributed by atoms with Gasteiger partial charge in [-0.1, -0.05) is 23.5 Å². The van der Waals surface area contributed by atoms with E-state index in [1.807, 2.05) is 0 Å². The van der Waals surface area contributed by atoms with Crippen LogP contribution < -0.4 is 5.23 Å². The van der Waals surface area contributed by atoms with Crippen LogP contribution in [0.2, 0.25) is 0 Å². The van der Waals surface area contributed by atoms with Crippen molar-refractivity contribution in [2.75, 3.05) is 24.7 Å². The summed E-state index contributed by atoms with van der Waals surface area (Å²) in [5, 5.41) is 19.9. The number of carbonyl (C=O) groups excluding carboxylic acids is 2. The smallest absolute Gasteiger partial charge is 0.316 e. The van der Waals surface area contributed by atoms with Gasteiger partial charge in [-0.3, -0.25) is 9.59 Å². The highest BCUT2D eigenvalue weighted by Crippen LogP contribution is 2.26. The zero-order valence-corrected chi connectivity index (χ0v) is 14.4. The molecule has 0 aromatic carbocycles. The van der Waals surface area contributed by atoms with Crippen LogP contribution in [0.5, 0.6) is 0 Å². The lowest BCUT2D eigenvalue weighted by atomic mass is 10.4. The number of quaternary nitrogens is 1. The Labute approximate surface area is 142 Å². The highest BCUT2D eigenvalue weighted by Gasteiger charge is 2.16. The first-order valence-electron chi connectivity index (χ1n) is 6.79. The quantitative estimate of drug-likeness (QED) is 0.374. The Hall–Kier alpha value is -1.33. The van der Waals surface area contributed by atoms with Gasteiger partial charge in [-0.05, 0) is 19.9 Å². The fraction of sp³-hybridized carbons (Fsp3) is 0.462. The molecular formula is C13H18N2O6S2. The SMILES string of the molecule is CCOC(=O)CSc1ccc([NH+]([O-])O)c(SCC(=O)OCC)n1. The molecule has 1 heterocycles. The standard InChI is InChI=1S/C13H18N2O6S2/c1-3-20-11(16)7-22-10-6-5-9(15(18)19)13(14-10)23-8-12(17)21-4-2/h5-6,15,18H,3-4,7-8H2,1-2H3. The van der Waals surface area contributed by atoms with Crippen molar-refractivity contribution in [1.82, 2.24) is 4.98 Å². The lowest BCUT2D eigenvalue weighted by Crippen LogP contribution is -2.99. The van der Waals surface area contributed by atoms with Gasteiger partial charge in [0, 0.05) is 6.07 Å². The molecule has 1 atom stereocenters. The third-order valence-corrected chi connectivity index (χ3v) is 4.21. The summed E-state index contributed by atoms with van der Waals surface area (Å²) in [6, 6.07) is 2.91. The van der Waals surface area contributed by atoms with Gasteiger partial charge in [0.2, 0.25) is 0 Å². The van der Waals surface area contributed by atoms with Crippen LogP contribution in [0, 0.1) is 5.21 Å². The molecule has 1 rings (SSSR count). The molecule has 8 nitrogen and oxygen atoms in total. The van der Waals surface area contributed by atoms with E-state index in [-0.39, 0.29) is 34.8 Å². The van der Waals surface area contributed by atoms with E-state index in [2.05, 4.69) is 4.98 Å². The summed E-state index contributed by atoms with van der Waals surface area (Å²) in [6.45, 7) is 3.96. The van der Waals surface area contributed by atoms with Crippen LogP contribution in [0.1, 0.15) is 13.8 Å². The highest BCUT2D eigenvalue weighted by molar-refractivity contribution is 8.00. The largest absolute Gasteiger partial charge is 0.595 e. The molecule has 128 valence electrons. The second kappa shape index (κ2) is 10.4. The minimum absolute atomic E-state index is 0.000201. The number of esters is 2. The predicted octanol–water partition coefficient (Wildman–Crippen LogP) is 0.795. The topological polar surface area (TPSA) is 113 Å². The van der Waals surface area contributed by atoms with Crippen LogP contribution >= 0.6 is 23.5 Å². The van der Waals surface area contributed by atoms with Crippen LogP contribution in [0.4, 0.5) is 5.69 Å². The number of rotatable bonds is 9. The monoisotopic (exact) mass is 362 g/mol. The Bertz CT molecular complexity index is 541. The van der Waals surface area contributed by atoms with Crippen molar-refractivity contribution in [3.05, 3.63) is 17.3 Å². The predicted molar refractivity (Wildman–Crippen MR) is 84.7 cm³/mol. The number of aromatic nitrogens is 1. The Morgan fingerprint density at radius 1 is 1.17 bits per heavy atom. The van der Waals surface area contributed by atoms with Crippen LogP contribution in [0.25, 0.3) is 0 Å². The molecule has 0 bridgehead atoms. The van der Waals surface area contributed by atoms with Crippen LogP contribution in [0.15, 0.2) is 22.2 Å². The summed E-state index contributed by atoms with van der Waals surface area (Å²) in [7, 11) is 0. The number of thioether (sulfide) groups is 2. The first kappa shape index (κ1) is 19.7. The summed E-state index contributed by atoms with van der Waals surface area (Å²) in [5.41, 5.74) is -0.000201. The molecule has 10 heteroatoms. The van der Waals surface area contributed by atoms with Crippen molar-refractivity contribution in [1.29, 1.82) is 0 Å². The lowest BCUT2D eigenvalue weighted by Gasteiger charge is -2.15. The highest BCUT2D eigenvalue weighted by atomic mass is 32.2. The fourth-order valence-corrected chi connectivity index (χ4v) is 2.98. The molecule has 0 aliphatic rings. The maximum Gasteiger partial charge on any atom is 0.316 e. The minimum Gasteiger partial charge on any atom is -0.595 e. The number of nitrogens with one attached hydrogen (secondary N) is 1. The van der Waals surface area contributed by atoms with Gasteiger partial charge in [0.15, 0.2) is 10.7 Å². The second-order valence-corrected chi connectivity index (χ2v) is 5.95. The number of nitrogens with zero attached hydrogens (tertiary/aromatic N) is 1. The van der Waals surface area contributed by atoms with Crippen LogP contribution in [0.3, 0.4) is 0 Å². The molecular weight excluding hydrogens is 344 g/mol. The van der Waals surface area contributed by atoms with Gasteiger partial charge in [-0.25, -0.2) is 10.2 Å². The zero-order chi connectivity index (χ0) is 17.2. The molecule has 2 N–H and O–H groups in total. The third kappa shape index (κ3) is 7.18. The van der Waals surface area contributed by atoms with E-state index >= 15 is 0 Å². The Morgan fingerprint density at radius 3 is 2.26 bits per heavy atom. The van der Waals surface area contributed by atoms with E-state index in [9.17, 15) is 14.8 Å². The molecule has 0 amide bonds. The number of hydrogen-bond acceptors (Lipinski definition) is 9. The van der Waals surface area contributed by atoms with E-state index in [1.165, 1.54) is 12.1 Å². The molecule has 1 aromatic rings. The number of hydrogen-bond donors (Lipinski definition) is 2. The fourth-order valence-electron chi connectivity index (χ4n) is 1.44. The average Bonchev–Trinajstić information content (AvgIpc) is 2.51. The molecule has 1 unspecified atom stereocenters. The summed E-state index contributed by atoms with van der Waals surface area (Å²) < 4.78 is 9.61. The molecule has 0 saturated carbocycles. The Balaban J connectivity index is 2.77. The van der Waals surface area contributed by atoms with E-state index in [0.717, 1.165) is 23.5 Å². The van der Waals surface area contributed by atoms with Gasteiger partial charge < -0.3 is 14.7 Å². The number of pyridine rings is 1. The molecule has 0 aliphatic carbocycles. The number of ether oxygens (including phenoxy) is 2. The summed E-state index contributed by atoms with van der Waals surface area (Å²) in [4.78, 5) is 26.9. The van der Waals surface area contributed by atoms with Crippen molar-refractivity contribution < 1.29 is 29.5 Å². The lowest BCUT2D eigenvalue weighted by molar-refractivity contribution is -0.992.